The van der Waals surface area contributed by atoms with Gasteiger partial charge in [0, 0.05) is 37.3 Å². The van der Waals surface area contributed by atoms with E-state index in [-0.39, 0.29) is 12.0 Å². The van der Waals surface area contributed by atoms with E-state index in [1.54, 1.807) is 6.20 Å². The van der Waals surface area contributed by atoms with Gasteiger partial charge in [0.05, 0.1) is 11.7 Å². The van der Waals surface area contributed by atoms with Crippen LogP contribution in [0, 0.1) is 13.8 Å². The molecule has 0 bridgehead atoms. The number of amides is 1. The van der Waals surface area contributed by atoms with Crippen LogP contribution in [0.25, 0.3) is 5.82 Å². The van der Waals surface area contributed by atoms with Gasteiger partial charge in [-0.05, 0) is 57.9 Å². The fourth-order valence-corrected chi connectivity index (χ4v) is 3.55. The number of rotatable bonds is 6. The Kier molecular flexibility index (Phi) is 6.06. The van der Waals surface area contributed by atoms with Crippen LogP contribution in [0.1, 0.15) is 41.0 Å². The molecule has 0 atom stereocenters. The summed E-state index contributed by atoms with van der Waals surface area (Å²) in [6, 6.07) is 7.77. The molecular weight excluding hydrogens is 328 g/mol. The van der Waals surface area contributed by atoms with Crippen molar-refractivity contribution < 1.29 is 9.53 Å². The van der Waals surface area contributed by atoms with Gasteiger partial charge in [-0.25, -0.2) is 4.98 Å². The lowest BCUT2D eigenvalue weighted by molar-refractivity contribution is 0.00843. The standard InChI is InChI=1S/C20H28N4O2/c1-15-14-18(16(2)24(15)19-6-3-4-10-22-19)20(25)23-11-7-17(8-12-23)26-13-5-9-21/h3-4,6,10,14,17H,5,7-9,11-13,21H2,1-2H3. The Balaban J connectivity index is 1.68. The number of nitrogens with two attached hydrogens (primary N) is 1. The van der Waals surface area contributed by atoms with Crippen LogP contribution in [0.4, 0.5) is 0 Å². The highest BCUT2D eigenvalue weighted by Gasteiger charge is 2.26. The molecule has 0 aromatic carbocycles. The monoisotopic (exact) mass is 356 g/mol. The molecule has 6 heteroatoms. The van der Waals surface area contributed by atoms with Crippen molar-refractivity contribution in [2.75, 3.05) is 26.2 Å². The maximum atomic E-state index is 13.0. The van der Waals surface area contributed by atoms with Gasteiger partial charge in [0.15, 0.2) is 0 Å². The molecule has 0 radical (unpaired) electrons. The first-order chi connectivity index (χ1) is 12.6. The molecule has 26 heavy (non-hydrogen) atoms. The zero-order valence-corrected chi connectivity index (χ0v) is 15.6. The number of carbonyl (C=O) groups is 1. The largest absolute Gasteiger partial charge is 0.378 e. The van der Waals surface area contributed by atoms with Crippen molar-refractivity contribution in [2.45, 2.75) is 39.2 Å². The minimum atomic E-state index is 0.0979. The molecule has 1 amide bonds. The van der Waals surface area contributed by atoms with Gasteiger partial charge in [0.2, 0.25) is 0 Å². The molecule has 0 spiro atoms. The zero-order valence-electron chi connectivity index (χ0n) is 15.6. The van der Waals surface area contributed by atoms with Gasteiger partial charge in [-0.2, -0.15) is 0 Å². The maximum Gasteiger partial charge on any atom is 0.255 e. The summed E-state index contributed by atoms with van der Waals surface area (Å²) >= 11 is 0. The Morgan fingerprint density at radius 2 is 2.08 bits per heavy atom. The third-order valence-electron chi connectivity index (χ3n) is 4.97. The number of pyridine rings is 1. The van der Waals surface area contributed by atoms with Gasteiger partial charge in [-0.3, -0.25) is 4.79 Å². The molecule has 0 aliphatic carbocycles. The fraction of sp³-hybridized carbons (Fsp3) is 0.500. The smallest absolute Gasteiger partial charge is 0.255 e. The van der Waals surface area contributed by atoms with Crippen molar-refractivity contribution in [3.63, 3.8) is 0 Å². The number of likely N-dealkylation sites (tertiary alicyclic amines) is 1. The average Bonchev–Trinajstić information content (AvgIpc) is 2.97. The van der Waals surface area contributed by atoms with Crippen LogP contribution in [0.5, 0.6) is 0 Å². The number of aromatic nitrogens is 2. The summed E-state index contributed by atoms with van der Waals surface area (Å²) in [5, 5.41) is 0. The zero-order chi connectivity index (χ0) is 18.5. The van der Waals surface area contributed by atoms with Gasteiger partial charge >= 0.3 is 0 Å². The lowest BCUT2D eigenvalue weighted by Gasteiger charge is -2.32. The quantitative estimate of drug-likeness (QED) is 0.807. The van der Waals surface area contributed by atoms with Crippen LogP contribution in [-0.2, 0) is 4.74 Å². The molecule has 0 saturated carbocycles. The van der Waals surface area contributed by atoms with Crippen LogP contribution < -0.4 is 5.73 Å². The van der Waals surface area contributed by atoms with Crippen molar-refractivity contribution in [1.29, 1.82) is 0 Å². The van der Waals surface area contributed by atoms with E-state index in [1.807, 2.05) is 47.6 Å². The van der Waals surface area contributed by atoms with Crippen LogP contribution in [-0.4, -0.2) is 52.7 Å². The second-order valence-electron chi connectivity index (χ2n) is 6.81. The first-order valence-electron chi connectivity index (χ1n) is 9.33. The van der Waals surface area contributed by atoms with Gasteiger partial charge in [0.1, 0.15) is 5.82 Å². The Morgan fingerprint density at radius 3 is 2.73 bits per heavy atom. The Bertz CT molecular complexity index is 734. The fourth-order valence-electron chi connectivity index (χ4n) is 3.55. The summed E-state index contributed by atoms with van der Waals surface area (Å²) in [7, 11) is 0. The summed E-state index contributed by atoms with van der Waals surface area (Å²) in [5.41, 5.74) is 8.22. The van der Waals surface area contributed by atoms with Gasteiger partial charge in [0.25, 0.3) is 5.91 Å². The van der Waals surface area contributed by atoms with E-state index in [0.29, 0.717) is 13.2 Å². The summed E-state index contributed by atoms with van der Waals surface area (Å²) < 4.78 is 7.87. The van der Waals surface area contributed by atoms with Gasteiger partial charge < -0.3 is 19.9 Å². The van der Waals surface area contributed by atoms with Crippen LogP contribution in [0.3, 0.4) is 0 Å². The highest BCUT2D eigenvalue weighted by atomic mass is 16.5. The van der Waals surface area contributed by atoms with Crippen molar-refractivity contribution in [2.24, 2.45) is 5.73 Å². The number of ether oxygens (including phenoxy) is 1. The second-order valence-corrected chi connectivity index (χ2v) is 6.81. The third kappa shape index (κ3) is 3.97. The predicted octanol–water partition coefficient (Wildman–Crippen LogP) is 2.46. The number of aryl methyl sites for hydroxylation is 1. The minimum Gasteiger partial charge on any atom is -0.378 e. The molecule has 1 saturated heterocycles. The van der Waals surface area contributed by atoms with E-state index < -0.39 is 0 Å². The third-order valence-corrected chi connectivity index (χ3v) is 4.97. The van der Waals surface area contributed by atoms with Crippen LogP contribution >= 0.6 is 0 Å². The van der Waals surface area contributed by atoms with Crippen LogP contribution in [0.2, 0.25) is 0 Å². The van der Waals surface area contributed by atoms with Gasteiger partial charge in [-0.15, -0.1) is 0 Å². The van der Waals surface area contributed by atoms with E-state index in [2.05, 4.69) is 4.98 Å². The van der Waals surface area contributed by atoms with Crippen molar-refractivity contribution in [3.8, 4) is 5.82 Å². The molecule has 3 heterocycles. The normalized spacial score (nSPS) is 15.4. The molecule has 1 aliphatic rings. The Labute approximate surface area is 155 Å². The molecule has 3 rings (SSSR count). The molecule has 1 aliphatic heterocycles. The van der Waals surface area contributed by atoms with E-state index in [1.165, 1.54) is 0 Å². The highest BCUT2D eigenvalue weighted by molar-refractivity contribution is 5.96. The van der Waals surface area contributed by atoms with E-state index in [0.717, 1.165) is 55.1 Å². The average molecular weight is 356 g/mol. The first kappa shape index (κ1) is 18.6. The molecular formula is C20H28N4O2. The minimum absolute atomic E-state index is 0.0979. The predicted molar refractivity (Wildman–Crippen MR) is 102 cm³/mol. The molecule has 140 valence electrons. The van der Waals surface area contributed by atoms with Gasteiger partial charge in [-0.1, -0.05) is 6.07 Å². The molecule has 2 aromatic rings. The molecule has 6 nitrogen and oxygen atoms in total. The first-order valence-corrected chi connectivity index (χ1v) is 9.33. The number of hydrogen-bond acceptors (Lipinski definition) is 4. The van der Waals surface area contributed by atoms with Crippen LogP contribution in [0.15, 0.2) is 30.5 Å². The molecule has 1 fully saturated rings. The topological polar surface area (TPSA) is 73.4 Å². The lowest BCUT2D eigenvalue weighted by Crippen LogP contribution is -2.41. The number of carbonyl (C=O) groups excluding carboxylic acids is 1. The Hall–Kier alpha value is -2.18. The number of hydrogen-bond donors (Lipinski definition) is 1. The number of piperidine rings is 1. The number of nitrogens with zero attached hydrogens (tertiary/aromatic N) is 3. The summed E-state index contributed by atoms with van der Waals surface area (Å²) in [6.07, 6.45) is 4.67. The van der Waals surface area contributed by atoms with E-state index in [9.17, 15) is 4.79 Å². The maximum absolute atomic E-state index is 13.0. The molecule has 2 aromatic heterocycles. The Morgan fingerprint density at radius 1 is 1.31 bits per heavy atom. The highest BCUT2D eigenvalue weighted by Crippen LogP contribution is 2.23. The van der Waals surface area contributed by atoms with Crippen molar-refractivity contribution in [1.82, 2.24) is 14.5 Å². The van der Waals surface area contributed by atoms with E-state index >= 15 is 0 Å². The lowest BCUT2D eigenvalue weighted by atomic mass is 10.1. The summed E-state index contributed by atoms with van der Waals surface area (Å²) in [4.78, 5) is 19.4. The summed E-state index contributed by atoms with van der Waals surface area (Å²) in [6.45, 7) is 6.83. The van der Waals surface area contributed by atoms with Crippen molar-refractivity contribution in [3.05, 3.63) is 47.4 Å². The summed E-state index contributed by atoms with van der Waals surface area (Å²) in [5.74, 6) is 0.939. The molecule has 0 unspecified atom stereocenters. The van der Waals surface area contributed by atoms with Crippen molar-refractivity contribution >= 4 is 5.91 Å². The second kappa shape index (κ2) is 8.47. The van der Waals surface area contributed by atoms with E-state index in [4.69, 9.17) is 10.5 Å². The SMILES string of the molecule is Cc1cc(C(=O)N2CCC(OCCCN)CC2)c(C)n1-c1ccccn1. The molecule has 2 N–H and O–H groups in total.